The van der Waals surface area contributed by atoms with Gasteiger partial charge in [-0.15, -0.1) is 0 Å². The summed E-state index contributed by atoms with van der Waals surface area (Å²) in [5.41, 5.74) is 2.88. The molecule has 1 N–H and O–H groups in total. The van der Waals surface area contributed by atoms with Crippen LogP contribution in [0.5, 0.6) is 0 Å². The second-order valence-corrected chi connectivity index (χ2v) is 6.10. The Kier molecular flexibility index (Phi) is 4.86. The van der Waals surface area contributed by atoms with Gasteiger partial charge in [0.25, 0.3) is 0 Å². The summed E-state index contributed by atoms with van der Waals surface area (Å²) in [5.74, 6) is -1.28. The molecule has 4 nitrogen and oxygen atoms in total. The molecule has 0 aliphatic carbocycles. The highest BCUT2D eigenvalue weighted by atomic mass is 35.5. The first kappa shape index (κ1) is 17.2. The molecule has 128 valence electrons. The van der Waals surface area contributed by atoms with Crippen molar-refractivity contribution < 1.29 is 14.3 Å². The third-order valence-corrected chi connectivity index (χ3v) is 4.22. The minimum absolute atomic E-state index is 0.0455. The van der Waals surface area contributed by atoms with Crippen LogP contribution in [-0.4, -0.2) is 29.9 Å². The number of benzodiazepines with no additional fused rings is 1. The summed E-state index contributed by atoms with van der Waals surface area (Å²) in [6, 6.07) is 11.6. The van der Waals surface area contributed by atoms with Crippen molar-refractivity contribution in [1.82, 2.24) is 0 Å². The standard InChI is InChI=1S/C19H16ClFN2O2/c1-12-11-22-19(14-4-2-3-5-16(14)21)15-10-13(20)6-7-17(15)23(12)9-8-18(24)25/h2-7,10H,1,8-9,11H2,(H,24,25). The van der Waals surface area contributed by atoms with Crippen molar-refractivity contribution in [2.45, 2.75) is 6.42 Å². The molecule has 0 bridgehead atoms. The quantitative estimate of drug-likeness (QED) is 0.894. The summed E-state index contributed by atoms with van der Waals surface area (Å²) < 4.78 is 14.3. The predicted octanol–water partition coefficient (Wildman–Crippen LogP) is 4.12. The summed E-state index contributed by atoms with van der Waals surface area (Å²) in [6.45, 7) is 4.50. The number of hydrogen-bond acceptors (Lipinski definition) is 3. The number of hydrogen-bond donors (Lipinski definition) is 1. The molecule has 25 heavy (non-hydrogen) atoms. The second kappa shape index (κ2) is 7.07. The molecule has 0 spiro atoms. The molecule has 0 aromatic heterocycles. The van der Waals surface area contributed by atoms with E-state index >= 15 is 0 Å². The second-order valence-electron chi connectivity index (χ2n) is 5.67. The van der Waals surface area contributed by atoms with Crippen molar-refractivity contribution in [2.24, 2.45) is 4.99 Å². The van der Waals surface area contributed by atoms with E-state index in [-0.39, 0.29) is 25.3 Å². The zero-order valence-electron chi connectivity index (χ0n) is 13.4. The molecule has 1 heterocycles. The van der Waals surface area contributed by atoms with Crippen LogP contribution in [0.1, 0.15) is 17.5 Å². The topological polar surface area (TPSA) is 52.9 Å². The van der Waals surface area contributed by atoms with Crippen molar-refractivity contribution in [2.75, 3.05) is 18.0 Å². The number of carboxylic acids is 1. The summed E-state index contributed by atoms with van der Waals surface area (Å²) in [4.78, 5) is 17.3. The van der Waals surface area contributed by atoms with Gasteiger partial charge in [-0.2, -0.15) is 0 Å². The van der Waals surface area contributed by atoms with Gasteiger partial charge in [0.15, 0.2) is 0 Å². The zero-order chi connectivity index (χ0) is 18.0. The van der Waals surface area contributed by atoms with Gasteiger partial charge in [-0.3, -0.25) is 9.79 Å². The number of nitrogens with zero attached hydrogens (tertiary/aromatic N) is 2. The van der Waals surface area contributed by atoms with E-state index in [9.17, 15) is 9.18 Å². The number of carbonyl (C=O) groups is 1. The van der Waals surface area contributed by atoms with Crippen molar-refractivity contribution in [3.8, 4) is 0 Å². The predicted molar refractivity (Wildman–Crippen MR) is 97.1 cm³/mol. The van der Waals surface area contributed by atoms with Crippen LogP contribution in [0.15, 0.2) is 59.7 Å². The summed E-state index contributed by atoms with van der Waals surface area (Å²) in [5, 5.41) is 9.50. The third-order valence-electron chi connectivity index (χ3n) is 3.98. The van der Waals surface area contributed by atoms with Gasteiger partial charge in [0.05, 0.1) is 24.4 Å². The fourth-order valence-corrected chi connectivity index (χ4v) is 2.99. The summed E-state index contributed by atoms with van der Waals surface area (Å²) in [6.07, 6.45) is -0.0455. The molecule has 0 fully saturated rings. The number of benzene rings is 2. The Labute approximate surface area is 149 Å². The number of fused-ring (bicyclic) bond motifs is 1. The number of carboxylic acid groups (broad SMARTS) is 1. The molecule has 1 aliphatic heterocycles. The van der Waals surface area contributed by atoms with E-state index < -0.39 is 5.97 Å². The number of anilines is 1. The Hall–Kier alpha value is -2.66. The van der Waals surface area contributed by atoms with Crippen LogP contribution in [0.25, 0.3) is 0 Å². The molecule has 1 aliphatic rings. The molecule has 0 saturated carbocycles. The Morgan fingerprint density at radius 2 is 2.04 bits per heavy atom. The van der Waals surface area contributed by atoms with Crippen molar-refractivity contribution in [1.29, 1.82) is 0 Å². The molecule has 3 rings (SSSR count). The highest BCUT2D eigenvalue weighted by molar-refractivity contribution is 6.31. The molecular weight excluding hydrogens is 343 g/mol. The van der Waals surface area contributed by atoms with Gasteiger partial charge in [-0.1, -0.05) is 30.3 Å². The van der Waals surface area contributed by atoms with Crippen LogP contribution in [0.4, 0.5) is 10.1 Å². The van der Waals surface area contributed by atoms with Crippen LogP contribution >= 0.6 is 11.6 Å². The average Bonchev–Trinajstić information content (AvgIpc) is 2.70. The largest absolute Gasteiger partial charge is 0.481 e. The lowest BCUT2D eigenvalue weighted by atomic mass is 9.99. The van der Waals surface area contributed by atoms with E-state index in [1.807, 2.05) is 0 Å². The van der Waals surface area contributed by atoms with E-state index in [2.05, 4.69) is 11.6 Å². The van der Waals surface area contributed by atoms with Gasteiger partial charge in [0, 0.05) is 28.4 Å². The Bertz CT molecular complexity index is 879. The van der Waals surface area contributed by atoms with E-state index in [1.54, 1.807) is 41.3 Å². The minimum Gasteiger partial charge on any atom is -0.481 e. The molecule has 0 amide bonds. The molecule has 6 heteroatoms. The lowest BCUT2D eigenvalue weighted by Crippen LogP contribution is -2.26. The van der Waals surface area contributed by atoms with Gasteiger partial charge in [-0.25, -0.2) is 4.39 Å². The smallest absolute Gasteiger partial charge is 0.305 e. The number of aliphatic carboxylic acids is 1. The third kappa shape index (κ3) is 3.56. The van der Waals surface area contributed by atoms with E-state index in [0.29, 0.717) is 27.6 Å². The first-order valence-electron chi connectivity index (χ1n) is 7.74. The number of rotatable bonds is 4. The monoisotopic (exact) mass is 358 g/mol. The molecule has 0 atom stereocenters. The van der Waals surface area contributed by atoms with Crippen LogP contribution < -0.4 is 4.90 Å². The molecule has 0 unspecified atom stereocenters. The lowest BCUT2D eigenvalue weighted by Gasteiger charge is -2.26. The molecule has 2 aromatic carbocycles. The first-order chi connectivity index (χ1) is 12.0. The summed E-state index contributed by atoms with van der Waals surface area (Å²) >= 11 is 6.15. The van der Waals surface area contributed by atoms with Crippen molar-refractivity contribution in [3.63, 3.8) is 0 Å². The SMILES string of the molecule is C=C1CN=C(c2ccccc2F)c2cc(Cl)ccc2N1CCC(=O)O. The van der Waals surface area contributed by atoms with Gasteiger partial charge in [0.1, 0.15) is 5.82 Å². The fourth-order valence-electron chi connectivity index (χ4n) is 2.81. The number of halogens is 2. The molecular formula is C19H16ClFN2O2. The van der Waals surface area contributed by atoms with Crippen LogP contribution in [0.2, 0.25) is 5.02 Å². The Balaban J connectivity index is 2.14. The minimum atomic E-state index is -0.900. The molecule has 0 saturated heterocycles. The maximum Gasteiger partial charge on any atom is 0.305 e. The first-order valence-corrected chi connectivity index (χ1v) is 8.11. The van der Waals surface area contributed by atoms with E-state index in [1.165, 1.54) is 6.07 Å². The summed E-state index contributed by atoms with van der Waals surface area (Å²) in [7, 11) is 0. The van der Waals surface area contributed by atoms with Gasteiger partial charge in [-0.05, 0) is 30.3 Å². The number of aliphatic imine (C=N–C) groups is 1. The average molecular weight is 359 g/mol. The maximum absolute atomic E-state index is 14.3. The van der Waals surface area contributed by atoms with Gasteiger partial charge in [0.2, 0.25) is 0 Å². The van der Waals surface area contributed by atoms with Gasteiger partial charge >= 0.3 is 5.97 Å². The van der Waals surface area contributed by atoms with Crippen molar-refractivity contribution >= 4 is 29.0 Å². The Morgan fingerprint density at radius 1 is 1.28 bits per heavy atom. The van der Waals surface area contributed by atoms with E-state index in [0.717, 1.165) is 5.69 Å². The highest BCUT2D eigenvalue weighted by Crippen LogP contribution is 2.32. The van der Waals surface area contributed by atoms with Crippen LogP contribution in [-0.2, 0) is 4.79 Å². The molecule has 2 aromatic rings. The lowest BCUT2D eigenvalue weighted by molar-refractivity contribution is -0.136. The normalized spacial score (nSPS) is 13.9. The highest BCUT2D eigenvalue weighted by Gasteiger charge is 2.24. The zero-order valence-corrected chi connectivity index (χ0v) is 14.1. The van der Waals surface area contributed by atoms with Gasteiger partial charge < -0.3 is 10.0 Å². The van der Waals surface area contributed by atoms with Crippen LogP contribution in [0.3, 0.4) is 0 Å². The van der Waals surface area contributed by atoms with Crippen LogP contribution in [0, 0.1) is 5.82 Å². The van der Waals surface area contributed by atoms with E-state index in [4.69, 9.17) is 16.7 Å². The van der Waals surface area contributed by atoms with Crippen molar-refractivity contribution in [3.05, 3.63) is 76.7 Å². The fraction of sp³-hybridized carbons (Fsp3) is 0.158. The molecule has 0 radical (unpaired) electrons. The maximum atomic E-state index is 14.3. The Morgan fingerprint density at radius 3 is 2.76 bits per heavy atom.